The third-order valence-electron chi connectivity index (χ3n) is 4.12. The summed E-state index contributed by atoms with van der Waals surface area (Å²) in [5, 5.41) is 6.88. The minimum atomic E-state index is 0.467. The maximum absolute atomic E-state index is 5.47. The number of nitrogens with one attached hydrogen (secondary N) is 2. The minimum absolute atomic E-state index is 0.467. The van der Waals surface area contributed by atoms with Gasteiger partial charge in [0, 0.05) is 33.4 Å². The van der Waals surface area contributed by atoms with Crippen molar-refractivity contribution in [1.29, 1.82) is 0 Å². The van der Waals surface area contributed by atoms with Crippen LogP contribution in [0.5, 0.6) is 0 Å². The first-order chi connectivity index (χ1) is 9.76. The first-order valence-electron chi connectivity index (χ1n) is 8.28. The van der Waals surface area contributed by atoms with E-state index in [9.17, 15) is 0 Å². The summed E-state index contributed by atoms with van der Waals surface area (Å²) >= 11 is 0. The number of rotatable bonds is 11. The van der Waals surface area contributed by atoms with Crippen LogP contribution in [-0.4, -0.2) is 39.3 Å². The van der Waals surface area contributed by atoms with Crippen molar-refractivity contribution in [3.8, 4) is 0 Å². The maximum atomic E-state index is 5.47. The molecule has 0 amide bonds. The Morgan fingerprint density at radius 1 is 1.15 bits per heavy atom. The van der Waals surface area contributed by atoms with E-state index in [1.54, 1.807) is 0 Å². The number of ether oxygens (including phenoxy) is 1. The Morgan fingerprint density at radius 2 is 1.95 bits per heavy atom. The van der Waals surface area contributed by atoms with Gasteiger partial charge in [-0.2, -0.15) is 0 Å². The van der Waals surface area contributed by atoms with E-state index in [4.69, 9.17) is 4.74 Å². The van der Waals surface area contributed by atoms with Crippen LogP contribution in [0, 0.1) is 5.41 Å². The highest BCUT2D eigenvalue weighted by Gasteiger charge is 2.41. The molecule has 4 heteroatoms. The first-order valence-corrected chi connectivity index (χ1v) is 8.28. The van der Waals surface area contributed by atoms with Gasteiger partial charge >= 0.3 is 0 Å². The summed E-state index contributed by atoms with van der Waals surface area (Å²) in [6.07, 6.45) is 8.95. The van der Waals surface area contributed by atoms with Gasteiger partial charge in [-0.05, 0) is 38.0 Å². The van der Waals surface area contributed by atoms with Gasteiger partial charge in [-0.25, -0.2) is 0 Å². The van der Waals surface area contributed by atoms with E-state index in [1.165, 1.54) is 44.9 Å². The second-order valence-corrected chi connectivity index (χ2v) is 5.86. The number of hydrogen-bond acceptors (Lipinski definition) is 2. The smallest absolute Gasteiger partial charge is 0.190 e. The average Bonchev–Trinajstić information content (AvgIpc) is 3.23. The van der Waals surface area contributed by atoms with E-state index in [0.717, 1.165) is 32.3 Å². The Labute approximate surface area is 124 Å². The summed E-state index contributed by atoms with van der Waals surface area (Å²) in [4.78, 5) is 4.30. The van der Waals surface area contributed by atoms with Crippen molar-refractivity contribution in [3.05, 3.63) is 0 Å². The zero-order valence-corrected chi connectivity index (χ0v) is 13.6. The van der Waals surface area contributed by atoms with Gasteiger partial charge in [0.05, 0.1) is 0 Å². The molecule has 0 spiro atoms. The summed E-state index contributed by atoms with van der Waals surface area (Å²) in [5.41, 5.74) is 0.467. The van der Waals surface area contributed by atoms with Crippen LogP contribution in [-0.2, 0) is 4.74 Å². The summed E-state index contributed by atoms with van der Waals surface area (Å²) in [6, 6.07) is 0. The van der Waals surface area contributed by atoms with Crippen LogP contribution in [0.25, 0.3) is 0 Å². The van der Waals surface area contributed by atoms with E-state index in [0.29, 0.717) is 5.41 Å². The van der Waals surface area contributed by atoms with Gasteiger partial charge < -0.3 is 15.4 Å². The molecule has 1 aliphatic rings. The molecule has 0 aliphatic heterocycles. The Kier molecular flexibility index (Phi) is 8.67. The topological polar surface area (TPSA) is 45.7 Å². The third kappa shape index (κ3) is 7.13. The zero-order valence-electron chi connectivity index (χ0n) is 13.6. The molecular formula is C16H33N3O. The lowest BCUT2D eigenvalue weighted by molar-refractivity contribution is 0.128. The molecule has 2 N–H and O–H groups in total. The maximum Gasteiger partial charge on any atom is 0.190 e. The lowest BCUT2D eigenvalue weighted by Gasteiger charge is -2.18. The van der Waals surface area contributed by atoms with Gasteiger partial charge in [-0.15, -0.1) is 0 Å². The minimum Gasteiger partial charge on any atom is -0.382 e. The van der Waals surface area contributed by atoms with E-state index in [-0.39, 0.29) is 0 Å². The van der Waals surface area contributed by atoms with E-state index >= 15 is 0 Å². The first kappa shape index (κ1) is 17.3. The number of nitrogens with zero attached hydrogens (tertiary/aromatic N) is 1. The quantitative estimate of drug-likeness (QED) is 0.348. The molecule has 0 heterocycles. The molecule has 1 fully saturated rings. The normalized spacial score (nSPS) is 17.1. The Morgan fingerprint density at radius 3 is 2.55 bits per heavy atom. The molecule has 0 aromatic rings. The number of aliphatic imine (C=N–C) groups is 1. The fourth-order valence-electron chi connectivity index (χ4n) is 2.38. The molecule has 1 rings (SSSR count). The van der Waals surface area contributed by atoms with Gasteiger partial charge in [0.25, 0.3) is 0 Å². The van der Waals surface area contributed by atoms with Gasteiger partial charge in [0.15, 0.2) is 5.96 Å². The molecule has 1 saturated carbocycles. The van der Waals surface area contributed by atoms with Crippen LogP contribution >= 0.6 is 0 Å². The molecule has 0 radical (unpaired) electrons. The Balaban J connectivity index is 2.11. The van der Waals surface area contributed by atoms with Crippen molar-refractivity contribution < 1.29 is 4.74 Å². The second kappa shape index (κ2) is 10.0. The van der Waals surface area contributed by atoms with Crippen LogP contribution in [0.15, 0.2) is 4.99 Å². The van der Waals surface area contributed by atoms with Crippen molar-refractivity contribution in [2.24, 2.45) is 10.4 Å². The summed E-state index contributed by atoms with van der Waals surface area (Å²) in [7, 11) is 1.85. The Bertz CT molecular complexity index is 275. The third-order valence-corrected chi connectivity index (χ3v) is 4.12. The number of unbranched alkanes of at least 4 members (excludes halogenated alkanes) is 3. The molecule has 0 saturated heterocycles. The highest BCUT2D eigenvalue weighted by Crippen LogP contribution is 2.48. The van der Waals surface area contributed by atoms with Crippen LogP contribution in [0.4, 0.5) is 0 Å². The highest BCUT2D eigenvalue weighted by molar-refractivity contribution is 5.79. The second-order valence-electron chi connectivity index (χ2n) is 5.86. The molecule has 0 unspecified atom stereocenters. The summed E-state index contributed by atoms with van der Waals surface area (Å²) < 4.78 is 5.47. The van der Waals surface area contributed by atoms with Gasteiger partial charge in [-0.3, -0.25) is 4.99 Å². The SMILES string of the molecule is CCCCCCNC(=NC)NCC1(CCOCC)CC1. The lowest BCUT2D eigenvalue weighted by atomic mass is 10.0. The number of guanidine groups is 1. The molecule has 20 heavy (non-hydrogen) atoms. The lowest BCUT2D eigenvalue weighted by Crippen LogP contribution is -2.40. The van der Waals surface area contributed by atoms with Crippen LogP contribution in [0.2, 0.25) is 0 Å². The van der Waals surface area contributed by atoms with E-state index in [2.05, 4.69) is 29.5 Å². The number of hydrogen-bond donors (Lipinski definition) is 2. The van der Waals surface area contributed by atoms with Crippen LogP contribution < -0.4 is 10.6 Å². The molecule has 0 bridgehead atoms. The largest absolute Gasteiger partial charge is 0.382 e. The van der Waals surface area contributed by atoms with Crippen LogP contribution in [0.3, 0.4) is 0 Å². The monoisotopic (exact) mass is 283 g/mol. The van der Waals surface area contributed by atoms with Crippen molar-refractivity contribution in [2.45, 2.75) is 58.8 Å². The standard InChI is InChI=1S/C16H33N3O/c1-4-6-7-8-12-18-15(17-3)19-14-16(9-10-16)11-13-20-5-2/h4-14H2,1-3H3,(H2,17,18,19). The molecule has 118 valence electrons. The molecular weight excluding hydrogens is 250 g/mol. The zero-order chi connectivity index (χ0) is 14.7. The predicted octanol–water partition coefficient (Wildman–Crippen LogP) is 2.94. The average molecular weight is 283 g/mol. The van der Waals surface area contributed by atoms with Crippen LogP contribution in [0.1, 0.15) is 58.8 Å². The van der Waals surface area contributed by atoms with Gasteiger partial charge in [0.2, 0.25) is 0 Å². The molecule has 4 nitrogen and oxygen atoms in total. The van der Waals surface area contributed by atoms with Crippen molar-refractivity contribution in [2.75, 3.05) is 33.4 Å². The van der Waals surface area contributed by atoms with Crippen molar-refractivity contribution in [3.63, 3.8) is 0 Å². The van der Waals surface area contributed by atoms with Crippen molar-refractivity contribution >= 4 is 5.96 Å². The molecule has 1 aliphatic carbocycles. The van der Waals surface area contributed by atoms with Gasteiger partial charge in [0.1, 0.15) is 0 Å². The van der Waals surface area contributed by atoms with E-state index in [1.807, 2.05) is 7.05 Å². The fraction of sp³-hybridized carbons (Fsp3) is 0.938. The Hall–Kier alpha value is -0.770. The molecule has 0 aromatic heterocycles. The summed E-state index contributed by atoms with van der Waals surface area (Å²) in [6.45, 7) is 8.05. The molecule has 0 atom stereocenters. The predicted molar refractivity (Wildman–Crippen MR) is 86.3 cm³/mol. The van der Waals surface area contributed by atoms with E-state index < -0.39 is 0 Å². The van der Waals surface area contributed by atoms with Gasteiger partial charge in [-0.1, -0.05) is 26.2 Å². The molecule has 0 aromatic carbocycles. The highest BCUT2D eigenvalue weighted by atomic mass is 16.5. The fourth-order valence-corrected chi connectivity index (χ4v) is 2.38. The van der Waals surface area contributed by atoms with Crippen molar-refractivity contribution in [1.82, 2.24) is 10.6 Å². The summed E-state index contributed by atoms with van der Waals surface area (Å²) in [5.74, 6) is 0.948.